The van der Waals surface area contributed by atoms with Crippen LogP contribution in [-0.4, -0.2) is 25.9 Å². The van der Waals surface area contributed by atoms with E-state index in [0.29, 0.717) is 10.5 Å². The fourth-order valence-corrected chi connectivity index (χ4v) is 0.766. The second kappa shape index (κ2) is 5.88. The first kappa shape index (κ1) is 13.9. The van der Waals surface area contributed by atoms with Gasteiger partial charge in [-0.3, -0.25) is 0 Å². The molecule has 2 N–H and O–H groups in total. The summed E-state index contributed by atoms with van der Waals surface area (Å²) >= 11 is 5.66. The Kier molecular flexibility index (Phi) is 6.79. The molecule has 0 aliphatic rings. The Morgan fingerprint density at radius 2 is 1.92 bits per heavy atom. The van der Waals surface area contributed by atoms with E-state index in [2.05, 4.69) is 0 Å². The Labute approximate surface area is 77.3 Å². The van der Waals surface area contributed by atoms with Gasteiger partial charge in [-0.1, -0.05) is 0 Å². The first-order valence-electron chi connectivity index (χ1n) is 2.83. The number of halogens is 1. The largest absolute Gasteiger partial charge is 0.870 e. The van der Waals surface area contributed by atoms with Crippen LogP contribution in [0.2, 0.25) is 5.02 Å². The smallest absolute Gasteiger partial charge is 0.870 e. The van der Waals surface area contributed by atoms with Crippen molar-refractivity contribution in [2.45, 2.75) is 0 Å². The summed E-state index contributed by atoms with van der Waals surface area (Å²) < 4.78 is 4.91. The minimum atomic E-state index is 0. The van der Waals surface area contributed by atoms with Crippen LogP contribution in [0.1, 0.15) is 0 Å². The number of ether oxygens (including phenoxy) is 1. The molecular weight excluding hydrogens is 178 g/mol. The molecule has 0 spiro atoms. The molecule has 64 valence electrons. The molecule has 0 unspecified atom stereocenters. The third kappa shape index (κ3) is 3.13. The van der Waals surface area contributed by atoms with Gasteiger partial charge >= 0.3 is 65.7 Å². The van der Waals surface area contributed by atoms with Crippen molar-refractivity contribution in [3.63, 3.8) is 0 Å². The SMILES string of the molecule is [B+2]c1cc(OC)ccc1Cl.[OH-].[OH-]. The zero-order chi connectivity index (χ0) is 7.56. The van der Waals surface area contributed by atoms with E-state index in [1.165, 1.54) is 0 Å². The maximum absolute atomic E-state index is 5.66. The van der Waals surface area contributed by atoms with Gasteiger partial charge in [-0.25, -0.2) is 0 Å². The average Bonchev–Trinajstić information content (AvgIpc) is 1.95. The minimum Gasteiger partial charge on any atom is -0.870 e. The van der Waals surface area contributed by atoms with Crippen molar-refractivity contribution in [2.75, 3.05) is 7.11 Å². The van der Waals surface area contributed by atoms with Gasteiger partial charge in [0, 0.05) is 0 Å². The average molecular weight is 186 g/mol. The first-order chi connectivity index (χ1) is 4.74. The Bertz CT molecular complexity index is 242. The summed E-state index contributed by atoms with van der Waals surface area (Å²) in [6.45, 7) is 0. The zero-order valence-electron chi connectivity index (χ0n) is 6.49. The third-order valence-electron chi connectivity index (χ3n) is 1.20. The van der Waals surface area contributed by atoms with E-state index >= 15 is 0 Å². The van der Waals surface area contributed by atoms with E-state index in [0.717, 1.165) is 5.75 Å². The number of rotatable bonds is 1. The summed E-state index contributed by atoms with van der Waals surface area (Å²) in [7, 11) is 7.07. The standard InChI is InChI=1S/C7H6BClO.2H2O/c1-10-5-2-3-7(9)6(8)4-5;;/h2-4H,1H3;2*1H2/q+2;;/p-2. The summed E-state index contributed by atoms with van der Waals surface area (Å²) in [5.74, 6) is 0.724. The van der Waals surface area contributed by atoms with E-state index in [-0.39, 0.29) is 11.0 Å². The van der Waals surface area contributed by atoms with Gasteiger partial charge in [-0.05, 0) is 0 Å². The monoisotopic (exact) mass is 186 g/mol. The minimum absolute atomic E-state index is 0. The van der Waals surface area contributed by atoms with Gasteiger partial charge in [0.25, 0.3) is 0 Å². The van der Waals surface area contributed by atoms with Gasteiger partial charge in [0.15, 0.2) is 0 Å². The summed E-state index contributed by atoms with van der Waals surface area (Å²) in [4.78, 5) is 0. The molecule has 1 aromatic rings. The molecule has 3 nitrogen and oxygen atoms in total. The van der Waals surface area contributed by atoms with E-state index in [4.69, 9.17) is 24.2 Å². The van der Waals surface area contributed by atoms with Gasteiger partial charge in [-0.15, -0.1) is 0 Å². The molecule has 0 radical (unpaired) electrons. The van der Waals surface area contributed by atoms with Crippen LogP contribution in [0.5, 0.6) is 5.75 Å². The molecule has 0 fully saturated rings. The molecule has 12 heavy (non-hydrogen) atoms. The number of methoxy groups -OCH3 is 1. The number of benzene rings is 1. The summed E-state index contributed by atoms with van der Waals surface area (Å²) in [5, 5.41) is 0.556. The van der Waals surface area contributed by atoms with Crippen molar-refractivity contribution in [2.24, 2.45) is 0 Å². The van der Waals surface area contributed by atoms with Gasteiger partial charge in [-0.2, -0.15) is 0 Å². The van der Waals surface area contributed by atoms with Gasteiger partial charge in [0.05, 0.1) is 0 Å². The molecule has 0 heterocycles. The van der Waals surface area contributed by atoms with Crippen molar-refractivity contribution in [3.8, 4) is 5.75 Å². The van der Waals surface area contributed by atoms with Crippen LogP contribution in [0.25, 0.3) is 0 Å². The molecular formula is C7H8BClO3. The van der Waals surface area contributed by atoms with Crippen LogP contribution in [0.3, 0.4) is 0 Å². The Balaban J connectivity index is 0. The fraction of sp³-hybridized carbons (Fsp3) is 0.143. The molecule has 1 aromatic carbocycles. The van der Waals surface area contributed by atoms with E-state index in [1.54, 1.807) is 25.3 Å². The van der Waals surface area contributed by atoms with Crippen molar-refractivity contribution in [3.05, 3.63) is 23.2 Å². The Hall–Kier alpha value is -0.705. The van der Waals surface area contributed by atoms with Crippen molar-refractivity contribution in [1.82, 2.24) is 0 Å². The molecule has 0 aromatic heterocycles. The topological polar surface area (TPSA) is 69.2 Å². The quantitative estimate of drug-likeness (QED) is 0.609. The number of hydrogen-bond acceptors (Lipinski definition) is 3. The molecule has 1 rings (SSSR count). The maximum Gasteiger partial charge on any atom is -0.870 e. The number of hydrogen-bond donors (Lipinski definition) is 0. The molecule has 0 aliphatic carbocycles. The van der Waals surface area contributed by atoms with Crippen molar-refractivity contribution in [1.29, 1.82) is 0 Å². The Morgan fingerprint density at radius 3 is 2.33 bits per heavy atom. The first-order valence-corrected chi connectivity index (χ1v) is 3.21. The van der Waals surface area contributed by atoms with Crippen molar-refractivity contribution >= 4 is 24.9 Å². The normalized spacial score (nSPS) is 8.00. The summed E-state index contributed by atoms with van der Waals surface area (Å²) in [6, 6.07) is 5.15. The molecule has 0 saturated heterocycles. The molecule has 0 saturated carbocycles. The van der Waals surface area contributed by atoms with E-state index < -0.39 is 0 Å². The van der Waals surface area contributed by atoms with Crippen LogP contribution >= 0.6 is 11.6 Å². The molecule has 0 amide bonds. The van der Waals surface area contributed by atoms with Crippen molar-refractivity contribution < 1.29 is 15.7 Å². The predicted molar refractivity (Wildman–Crippen MR) is 47.3 cm³/mol. The second-order valence-electron chi connectivity index (χ2n) is 1.89. The van der Waals surface area contributed by atoms with Gasteiger partial charge in [0.1, 0.15) is 0 Å². The van der Waals surface area contributed by atoms with Crippen LogP contribution in [0, 0.1) is 0 Å². The third-order valence-corrected chi connectivity index (χ3v) is 1.55. The molecule has 0 aliphatic heterocycles. The van der Waals surface area contributed by atoms with Crippen LogP contribution < -0.4 is 10.2 Å². The maximum atomic E-state index is 5.66. The van der Waals surface area contributed by atoms with E-state index in [1.807, 2.05) is 0 Å². The van der Waals surface area contributed by atoms with Gasteiger partial charge < -0.3 is 11.0 Å². The van der Waals surface area contributed by atoms with E-state index in [9.17, 15) is 0 Å². The zero-order valence-corrected chi connectivity index (χ0v) is 7.25. The fourth-order valence-electron chi connectivity index (χ4n) is 0.649. The molecule has 5 heteroatoms. The Morgan fingerprint density at radius 1 is 1.33 bits per heavy atom. The van der Waals surface area contributed by atoms with Crippen LogP contribution in [0.15, 0.2) is 18.2 Å². The second-order valence-corrected chi connectivity index (χ2v) is 2.29. The van der Waals surface area contributed by atoms with Crippen LogP contribution in [0.4, 0.5) is 0 Å². The summed E-state index contributed by atoms with van der Waals surface area (Å²) in [5.41, 5.74) is 0.543. The predicted octanol–water partition coefficient (Wildman–Crippen LogP) is 0.789. The summed E-state index contributed by atoms with van der Waals surface area (Å²) in [6.07, 6.45) is 0. The molecule has 0 atom stereocenters. The van der Waals surface area contributed by atoms with Gasteiger partial charge in [0.2, 0.25) is 0 Å². The molecule has 0 bridgehead atoms. The van der Waals surface area contributed by atoms with Crippen LogP contribution in [-0.2, 0) is 0 Å².